The molecule has 1 fully saturated rings. The Morgan fingerprint density at radius 3 is 3.00 bits per heavy atom. The molecule has 2 heterocycles. The first-order chi connectivity index (χ1) is 7.22. The highest BCUT2D eigenvalue weighted by atomic mass is 15.3. The Morgan fingerprint density at radius 2 is 2.40 bits per heavy atom. The molecule has 1 atom stereocenters. The number of nitrogens with zero attached hydrogens (tertiary/aromatic N) is 4. The Bertz CT molecular complexity index is 374. The first-order valence-corrected chi connectivity index (χ1v) is 5.40. The molecule has 0 amide bonds. The van der Waals surface area contributed by atoms with Crippen molar-refractivity contribution in [2.24, 2.45) is 0 Å². The van der Waals surface area contributed by atoms with Crippen LogP contribution in [0.15, 0.2) is 12.3 Å². The van der Waals surface area contributed by atoms with Crippen LogP contribution in [0.5, 0.6) is 0 Å². The van der Waals surface area contributed by atoms with Gasteiger partial charge in [0.25, 0.3) is 0 Å². The summed E-state index contributed by atoms with van der Waals surface area (Å²) in [4.78, 5) is 2.42. The number of aromatic nitrogens is 2. The zero-order valence-electron chi connectivity index (χ0n) is 9.22. The van der Waals surface area contributed by atoms with Gasteiger partial charge in [0.2, 0.25) is 0 Å². The van der Waals surface area contributed by atoms with E-state index in [0.717, 1.165) is 19.5 Å². The van der Waals surface area contributed by atoms with Crippen LogP contribution in [0.3, 0.4) is 0 Å². The third kappa shape index (κ3) is 1.88. The maximum Gasteiger partial charge on any atom is 0.138 e. The topological polar surface area (TPSA) is 44.9 Å². The molecule has 0 aromatic carbocycles. The summed E-state index contributed by atoms with van der Waals surface area (Å²) >= 11 is 0. The van der Waals surface area contributed by atoms with Crippen molar-refractivity contribution in [3.8, 4) is 6.07 Å². The molecule has 0 spiro atoms. The molecule has 4 heteroatoms. The quantitative estimate of drug-likeness (QED) is 0.731. The van der Waals surface area contributed by atoms with Crippen molar-refractivity contribution < 1.29 is 0 Å². The van der Waals surface area contributed by atoms with E-state index in [2.05, 4.69) is 29.9 Å². The number of likely N-dealkylation sites (tertiary alicyclic amines) is 1. The monoisotopic (exact) mass is 204 g/mol. The minimum Gasteiger partial charge on any atom is -0.299 e. The molecule has 15 heavy (non-hydrogen) atoms. The van der Waals surface area contributed by atoms with Crippen LogP contribution in [0.1, 0.15) is 32.0 Å². The van der Waals surface area contributed by atoms with Gasteiger partial charge in [-0.1, -0.05) is 0 Å². The van der Waals surface area contributed by atoms with E-state index in [1.165, 1.54) is 0 Å². The minimum atomic E-state index is 0.372. The maximum absolute atomic E-state index is 8.92. The molecule has 1 unspecified atom stereocenters. The summed E-state index contributed by atoms with van der Waals surface area (Å²) in [6.07, 6.45) is 2.80. The Labute approximate surface area is 90.1 Å². The van der Waals surface area contributed by atoms with Gasteiger partial charge >= 0.3 is 0 Å². The van der Waals surface area contributed by atoms with Gasteiger partial charge in [-0.3, -0.25) is 9.58 Å². The second kappa shape index (κ2) is 4.03. The third-order valence-electron chi connectivity index (χ3n) is 3.06. The molecule has 1 aliphatic heterocycles. The van der Waals surface area contributed by atoms with Crippen LogP contribution in [0.2, 0.25) is 0 Å². The van der Waals surface area contributed by atoms with E-state index in [4.69, 9.17) is 5.26 Å². The van der Waals surface area contributed by atoms with E-state index >= 15 is 0 Å². The summed E-state index contributed by atoms with van der Waals surface area (Å²) in [7, 11) is 0. The van der Waals surface area contributed by atoms with Crippen molar-refractivity contribution in [3.05, 3.63) is 18.0 Å². The van der Waals surface area contributed by atoms with Gasteiger partial charge in [-0.15, -0.1) is 0 Å². The predicted molar refractivity (Wildman–Crippen MR) is 57.3 cm³/mol. The minimum absolute atomic E-state index is 0.372. The fourth-order valence-electron chi connectivity index (χ4n) is 2.13. The summed E-state index contributed by atoms with van der Waals surface area (Å²) in [5, 5.41) is 13.1. The van der Waals surface area contributed by atoms with Crippen LogP contribution >= 0.6 is 0 Å². The lowest BCUT2D eigenvalue weighted by atomic mass is 10.2. The molecule has 1 aromatic heterocycles. The fourth-order valence-corrected chi connectivity index (χ4v) is 2.13. The molecule has 1 saturated heterocycles. The first kappa shape index (κ1) is 10.2. The number of nitriles is 1. The van der Waals surface area contributed by atoms with E-state index in [1.807, 2.05) is 4.68 Å². The summed E-state index contributed by atoms with van der Waals surface area (Å²) in [5.74, 6) is 0. The highest BCUT2D eigenvalue weighted by Gasteiger charge is 2.26. The highest BCUT2D eigenvalue weighted by molar-refractivity contribution is 5.19. The summed E-state index contributed by atoms with van der Waals surface area (Å²) in [5.41, 5.74) is 0.672. The summed E-state index contributed by atoms with van der Waals surface area (Å²) in [6.45, 7) is 6.52. The molecule has 1 aliphatic rings. The van der Waals surface area contributed by atoms with Gasteiger partial charge in [-0.2, -0.15) is 10.4 Å². The second-order valence-electron chi connectivity index (χ2n) is 4.30. The summed E-state index contributed by atoms with van der Waals surface area (Å²) in [6, 6.07) is 4.91. The van der Waals surface area contributed by atoms with E-state index in [-0.39, 0.29) is 0 Å². The van der Waals surface area contributed by atoms with Gasteiger partial charge in [-0.25, -0.2) is 0 Å². The molecular formula is C11H16N4. The third-order valence-corrected chi connectivity index (χ3v) is 3.06. The normalized spacial score (nSPS) is 22.1. The van der Waals surface area contributed by atoms with Crippen molar-refractivity contribution in [2.75, 3.05) is 13.1 Å². The maximum atomic E-state index is 8.92. The van der Waals surface area contributed by atoms with Crippen molar-refractivity contribution in [1.29, 1.82) is 5.26 Å². The van der Waals surface area contributed by atoms with Crippen LogP contribution in [0.4, 0.5) is 0 Å². The molecule has 80 valence electrons. The molecule has 0 N–H and O–H groups in total. The Morgan fingerprint density at radius 1 is 1.60 bits per heavy atom. The lowest BCUT2D eigenvalue weighted by Gasteiger charge is -2.20. The van der Waals surface area contributed by atoms with Gasteiger partial charge < -0.3 is 0 Å². The zero-order chi connectivity index (χ0) is 10.8. The molecule has 0 saturated carbocycles. The lowest BCUT2D eigenvalue weighted by Crippen LogP contribution is -2.29. The van der Waals surface area contributed by atoms with E-state index in [9.17, 15) is 0 Å². The van der Waals surface area contributed by atoms with Crippen LogP contribution in [-0.2, 0) is 0 Å². The van der Waals surface area contributed by atoms with Crippen molar-refractivity contribution in [1.82, 2.24) is 14.7 Å². The predicted octanol–water partition coefficient (Wildman–Crippen LogP) is 1.41. The van der Waals surface area contributed by atoms with Crippen LogP contribution in [0, 0.1) is 11.3 Å². The van der Waals surface area contributed by atoms with Crippen molar-refractivity contribution in [2.45, 2.75) is 32.4 Å². The summed E-state index contributed by atoms with van der Waals surface area (Å²) < 4.78 is 1.86. The average Bonchev–Trinajstić information content (AvgIpc) is 2.85. The molecular weight excluding hydrogens is 188 g/mol. The van der Waals surface area contributed by atoms with Gasteiger partial charge in [0.15, 0.2) is 0 Å². The Balaban J connectivity index is 2.12. The van der Waals surface area contributed by atoms with Crippen molar-refractivity contribution >= 4 is 0 Å². The zero-order valence-corrected chi connectivity index (χ0v) is 9.22. The van der Waals surface area contributed by atoms with Gasteiger partial charge in [0.05, 0.1) is 12.2 Å². The SMILES string of the molecule is CC(C)N1CCC(n2nccc2C#N)C1. The Hall–Kier alpha value is -1.34. The molecule has 4 nitrogen and oxygen atoms in total. The number of rotatable bonds is 2. The molecule has 2 rings (SSSR count). The van der Waals surface area contributed by atoms with Gasteiger partial charge in [-0.05, 0) is 26.3 Å². The van der Waals surface area contributed by atoms with E-state index < -0.39 is 0 Å². The lowest BCUT2D eigenvalue weighted by molar-refractivity contribution is 0.262. The molecule has 0 bridgehead atoms. The second-order valence-corrected chi connectivity index (χ2v) is 4.30. The largest absolute Gasteiger partial charge is 0.299 e. The fraction of sp³-hybridized carbons (Fsp3) is 0.636. The standard InChI is InChI=1S/C11H16N4/c1-9(2)14-6-4-11(8-14)15-10(7-12)3-5-13-15/h3,5,9,11H,4,6,8H2,1-2H3. The highest BCUT2D eigenvalue weighted by Crippen LogP contribution is 2.23. The smallest absolute Gasteiger partial charge is 0.138 e. The first-order valence-electron chi connectivity index (χ1n) is 5.40. The van der Waals surface area contributed by atoms with E-state index in [0.29, 0.717) is 17.8 Å². The van der Waals surface area contributed by atoms with Gasteiger partial charge in [0.1, 0.15) is 11.8 Å². The van der Waals surface area contributed by atoms with Crippen LogP contribution in [-0.4, -0.2) is 33.8 Å². The average molecular weight is 204 g/mol. The van der Waals surface area contributed by atoms with Crippen LogP contribution < -0.4 is 0 Å². The van der Waals surface area contributed by atoms with Gasteiger partial charge in [0, 0.05) is 19.1 Å². The van der Waals surface area contributed by atoms with E-state index in [1.54, 1.807) is 12.3 Å². The molecule has 1 aromatic rings. The number of hydrogen-bond donors (Lipinski definition) is 0. The molecule has 0 radical (unpaired) electrons. The molecule has 0 aliphatic carbocycles. The number of hydrogen-bond acceptors (Lipinski definition) is 3. The Kier molecular flexibility index (Phi) is 2.74. The van der Waals surface area contributed by atoms with Crippen LogP contribution in [0.25, 0.3) is 0 Å². The van der Waals surface area contributed by atoms with Crippen molar-refractivity contribution in [3.63, 3.8) is 0 Å².